The van der Waals surface area contributed by atoms with Crippen molar-refractivity contribution in [3.8, 4) is 0 Å². The zero-order valence-corrected chi connectivity index (χ0v) is 10.4. The third kappa shape index (κ3) is 2.96. The minimum absolute atomic E-state index is 0.323. The van der Waals surface area contributed by atoms with E-state index in [1.165, 1.54) is 38.5 Å². The molecule has 0 aliphatic heterocycles. The molecule has 2 rings (SSSR count). The molecule has 0 spiro atoms. The molecule has 1 N–H and O–H groups in total. The van der Waals surface area contributed by atoms with Crippen molar-refractivity contribution in [3.05, 3.63) is 0 Å². The highest BCUT2D eigenvalue weighted by molar-refractivity contribution is 4.92. The first-order chi connectivity index (χ1) is 6.99. The summed E-state index contributed by atoms with van der Waals surface area (Å²) in [5.74, 6) is 0.823. The van der Waals surface area contributed by atoms with E-state index in [1.54, 1.807) is 0 Å². The van der Waals surface area contributed by atoms with Crippen LogP contribution in [0.2, 0.25) is 0 Å². The number of hydrogen-bond donors (Lipinski definition) is 1. The lowest BCUT2D eigenvalue weighted by molar-refractivity contribution is -0.0552. The monoisotopic (exact) mass is 210 g/mol. The van der Waals surface area contributed by atoms with Crippen LogP contribution in [-0.2, 0) is 0 Å². The number of rotatable bonds is 2. The van der Waals surface area contributed by atoms with Gasteiger partial charge in [-0.2, -0.15) is 0 Å². The van der Waals surface area contributed by atoms with E-state index in [4.69, 9.17) is 0 Å². The van der Waals surface area contributed by atoms with Crippen LogP contribution in [0.15, 0.2) is 0 Å². The van der Waals surface area contributed by atoms with Gasteiger partial charge in [-0.15, -0.1) is 0 Å². The second-order valence-corrected chi connectivity index (χ2v) is 6.77. The van der Waals surface area contributed by atoms with Crippen molar-refractivity contribution in [2.24, 2.45) is 11.3 Å². The van der Waals surface area contributed by atoms with E-state index in [0.29, 0.717) is 5.41 Å². The second-order valence-electron chi connectivity index (χ2n) is 6.77. The first-order valence-corrected chi connectivity index (χ1v) is 6.72. The Bertz CT molecular complexity index is 215. The summed E-state index contributed by atoms with van der Waals surface area (Å²) in [5.41, 5.74) is 0.0440. The van der Waals surface area contributed by atoms with Gasteiger partial charge in [0.2, 0.25) is 0 Å². The van der Waals surface area contributed by atoms with Crippen LogP contribution in [0.5, 0.6) is 0 Å². The molecule has 0 aromatic rings. The fourth-order valence-corrected chi connectivity index (χ4v) is 3.89. The summed E-state index contributed by atoms with van der Waals surface area (Å²) >= 11 is 0. The maximum atomic E-state index is 10.7. The topological polar surface area (TPSA) is 20.2 Å². The molecule has 2 saturated carbocycles. The first-order valence-electron chi connectivity index (χ1n) is 6.72. The molecule has 0 bridgehead atoms. The zero-order chi connectivity index (χ0) is 10.9. The van der Waals surface area contributed by atoms with Gasteiger partial charge in [-0.05, 0) is 37.0 Å². The molecule has 2 fully saturated rings. The molecule has 1 unspecified atom stereocenters. The molecule has 1 heteroatoms. The Balaban J connectivity index is 1.93. The maximum absolute atomic E-state index is 10.7. The molecule has 15 heavy (non-hydrogen) atoms. The Morgan fingerprint density at radius 3 is 2.33 bits per heavy atom. The van der Waals surface area contributed by atoms with E-state index in [2.05, 4.69) is 13.8 Å². The Hall–Kier alpha value is -0.0400. The van der Waals surface area contributed by atoms with Crippen molar-refractivity contribution in [1.82, 2.24) is 0 Å². The fraction of sp³-hybridized carbons (Fsp3) is 1.00. The minimum atomic E-state index is -0.323. The zero-order valence-electron chi connectivity index (χ0n) is 10.4. The lowest BCUT2D eigenvalue weighted by Gasteiger charge is -2.42. The van der Waals surface area contributed by atoms with Crippen molar-refractivity contribution in [1.29, 1.82) is 0 Å². The molecule has 0 aromatic heterocycles. The molecular weight excluding hydrogens is 184 g/mol. The van der Waals surface area contributed by atoms with E-state index in [0.717, 1.165) is 25.2 Å². The van der Waals surface area contributed by atoms with Gasteiger partial charge < -0.3 is 5.11 Å². The largest absolute Gasteiger partial charge is 0.390 e. The van der Waals surface area contributed by atoms with Crippen LogP contribution >= 0.6 is 0 Å². The summed E-state index contributed by atoms with van der Waals surface area (Å²) in [6.45, 7) is 4.62. The molecule has 88 valence electrons. The smallest absolute Gasteiger partial charge is 0.0655 e. The van der Waals surface area contributed by atoms with Gasteiger partial charge in [-0.25, -0.2) is 0 Å². The summed E-state index contributed by atoms with van der Waals surface area (Å²) in [6.07, 6.45) is 11.2. The normalized spacial score (nSPS) is 37.0. The minimum Gasteiger partial charge on any atom is -0.390 e. The Labute approximate surface area is 94.3 Å². The maximum Gasteiger partial charge on any atom is 0.0655 e. The van der Waals surface area contributed by atoms with Gasteiger partial charge in [0.1, 0.15) is 0 Å². The SMILES string of the molecule is CC1(C)CCCC(O)(CC2CCCC2)C1. The van der Waals surface area contributed by atoms with Crippen LogP contribution in [0, 0.1) is 11.3 Å². The van der Waals surface area contributed by atoms with E-state index in [-0.39, 0.29) is 5.60 Å². The molecule has 1 nitrogen and oxygen atoms in total. The molecule has 0 amide bonds. The molecular formula is C14H26O. The van der Waals surface area contributed by atoms with E-state index < -0.39 is 0 Å². The average molecular weight is 210 g/mol. The molecule has 0 radical (unpaired) electrons. The van der Waals surface area contributed by atoms with Gasteiger partial charge in [-0.1, -0.05) is 46.0 Å². The van der Waals surface area contributed by atoms with Crippen molar-refractivity contribution in [2.75, 3.05) is 0 Å². The summed E-state index contributed by atoms with van der Waals surface area (Å²) in [5, 5.41) is 10.7. The Morgan fingerprint density at radius 2 is 1.73 bits per heavy atom. The molecule has 2 aliphatic rings. The Kier molecular flexibility index (Phi) is 3.12. The van der Waals surface area contributed by atoms with Gasteiger partial charge in [0.25, 0.3) is 0 Å². The summed E-state index contributed by atoms with van der Waals surface area (Å²) < 4.78 is 0. The molecule has 2 aliphatic carbocycles. The molecule has 0 saturated heterocycles. The van der Waals surface area contributed by atoms with Crippen LogP contribution < -0.4 is 0 Å². The fourth-order valence-electron chi connectivity index (χ4n) is 3.89. The number of hydrogen-bond acceptors (Lipinski definition) is 1. The lowest BCUT2D eigenvalue weighted by Crippen LogP contribution is -2.40. The number of aliphatic hydroxyl groups is 1. The second kappa shape index (κ2) is 4.08. The predicted octanol–water partition coefficient (Wildman–Crippen LogP) is 3.90. The van der Waals surface area contributed by atoms with Crippen molar-refractivity contribution < 1.29 is 5.11 Å². The van der Waals surface area contributed by atoms with Crippen LogP contribution in [0.3, 0.4) is 0 Å². The highest BCUT2D eigenvalue weighted by Crippen LogP contribution is 2.45. The summed E-state index contributed by atoms with van der Waals surface area (Å²) in [6, 6.07) is 0. The van der Waals surface area contributed by atoms with Gasteiger partial charge in [0.15, 0.2) is 0 Å². The third-order valence-electron chi connectivity index (χ3n) is 4.45. The van der Waals surface area contributed by atoms with E-state index in [9.17, 15) is 5.11 Å². The predicted molar refractivity (Wildman–Crippen MR) is 63.8 cm³/mol. The average Bonchev–Trinajstić information content (AvgIpc) is 2.52. The van der Waals surface area contributed by atoms with E-state index in [1.807, 2.05) is 0 Å². The quantitative estimate of drug-likeness (QED) is 0.733. The van der Waals surface area contributed by atoms with Gasteiger partial charge in [0.05, 0.1) is 5.60 Å². The Morgan fingerprint density at radius 1 is 1.07 bits per heavy atom. The van der Waals surface area contributed by atoms with Crippen molar-refractivity contribution >= 4 is 0 Å². The van der Waals surface area contributed by atoms with Crippen LogP contribution in [0.1, 0.15) is 71.6 Å². The van der Waals surface area contributed by atoms with Crippen molar-refractivity contribution in [2.45, 2.75) is 77.2 Å². The highest BCUT2D eigenvalue weighted by atomic mass is 16.3. The van der Waals surface area contributed by atoms with Gasteiger partial charge in [-0.3, -0.25) is 0 Å². The summed E-state index contributed by atoms with van der Waals surface area (Å²) in [7, 11) is 0. The molecule has 0 heterocycles. The molecule has 1 atom stereocenters. The highest BCUT2D eigenvalue weighted by Gasteiger charge is 2.39. The summed E-state index contributed by atoms with van der Waals surface area (Å²) in [4.78, 5) is 0. The van der Waals surface area contributed by atoms with Crippen LogP contribution in [0.4, 0.5) is 0 Å². The van der Waals surface area contributed by atoms with Gasteiger partial charge in [0, 0.05) is 0 Å². The lowest BCUT2D eigenvalue weighted by atomic mass is 9.67. The van der Waals surface area contributed by atoms with Crippen molar-refractivity contribution in [3.63, 3.8) is 0 Å². The first kappa shape index (κ1) is 11.4. The third-order valence-corrected chi connectivity index (χ3v) is 4.45. The standard InChI is InChI=1S/C14H26O/c1-13(2)8-5-9-14(15,11-13)10-12-6-3-4-7-12/h12,15H,3-11H2,1-2H3. The van der Waals surface area contributed by atoms with Crippen LogP contribution in [0.25, 0.3) is 0 Å². The molecule has 0 aromatic carbocycles. The van der Waals surface area contributed by atoms with E-state index >= 15 is 0 Å². The van der Waals surface area contributed by atoms with Gasteiger partial charge >= 0.3 is 0 Å². The van der Waals surface area contributed by atoms with Crippen LogP contribution in [-0.4, -0.2) is 10.7 Å².